The topological polar surface area (TPSA) is 60.0 Å². The van der Waals surface area contributed by atoms with Gasteiger partial charge in [-0.05, 0) is 56.6 Å². The summed E-state index contributed by atoms with van der Waals surface area (Å²) in [7, 11) is 1.84. The number of likely N-dealkylation sites (tertiary alicyclic amines) is 2. The first-order chi connectivity index (χ1) is 14.7. The Morgan fingerprint density at radius 3 is 2.67 bits per heavy atom. The van der Waals surface area contributed by atoms with Crippen LogP contribution in [0, 0.1) is 5.92 Å². The van der Waals surface area contributed by atoms with Gasteiger partial charge in [-0.1, -0.05) is 25.3 Å². The lowest BCUT2D eigenvalue weighted by molar-refractivity contribution is -0.135. The maximum atomic E-state index is 12.8. The second-order valence-electron chi connectivity index (χ2n) is 8.98. The third-order valence-corrected chi connectivity index (χ3v) is 7.91. The van der Waals surface area contributed by atoms with E-state index >= 15 is 0 Å². The zero-order chi connectivity index (χ0) is 20.8. The summed E-state index contributed by atoms with van der Waals surface area (Å²) < 4.78 is 0. The van der Waals surface area contributed by atoms with Gasteiger partial charge in [0.05, 0.1) is 6.04 Å². The van der Waals surface area contributed by atoms with E-state index in [4.69, 9.17) is 0 Å². The van der Waals surface area contributed by atoms with Crippen LogP contribution in [0.1, 0.15) is 62.3 Å². The lowest BCUT2D eigenvalue weighted by Crippen LogP contribution is -2.47. The summed E-state index contributed by atoms with van der Waals surface area (Å²) in [4.78, 5) is 23.4. The van der Waals surface area contributed by atoms with E-state index in [1.54, 1.807) is 0 Å². The van der Waals surface area contributed by atoms with Gasteiger partial charge in [0.25, 0.3) is 0 Å². The van der Waals surface area contributed by atoms with Gasteiger partial charge in [0.15, 0.2) is 5.96 Å². The van der Waals surface area contributed by atoms with E-state index in [0.29, 0.717) is 11.9 Å². The average Bonchev–Trinajstić information content (AvgIpc) is 3.56. The van der Waals surface area contributed by atoms with Crippen molar-refractivity contribution in [3.05, 3.63) is 22.4 Å². The molecule has 7 heteroatoms. The summed E-state index contributed by atoms with van der Waals surface area (Å²) in [5, 5.41) is 9.31. The first-order valence-electron chi connectivity index (χ1n) is 11.8. The first kappa shape index (κ1) is 21.6. The number of nitrogens with one attached hydrogen (secondary N) is 2. The molecule has 1 aromatic heterocycles. The molecule has 0 spiro atoms. The van der Waals surface area contributed by atoms with Crippen molar-refractivity contribution in [3.63, 3.8) is 0 Å². The molecule has 0 radical (unpaired) electrons. The van der Waals surface area contributed by atoms with Crippen LogP contribution < -0.4 is 10.6 Å². The van der Waals surface area contributed by atoms with E-state index in [1.807, 2.05) is 18.4 Å². The highest BCUT2D eigenvalue weighted by Crippen LogP contribution is 2.28. The second kappa shape index (κ2) is 10.6. The van der Waals surface area contributed by atoms with Crippen molar-refractivity contribution in [2.45, 2.75) is 63.5 Å². The predicted octanol–water partition coefficient (Wildman–Crippen LogP) is 3.23. The smallest absolute Gasteiger partial charge is 0.225 e. The SMILES string of the molecule is CN=C(NCC(c1cccs1)N1CCCC1)NC1CCN(C(=O)C2CCCCC2)C1. The molecule has 166 valence electrons. The van der Waals surface area contributed by atoms with E-state index in [9.17, 15) is 4.79 Å². The van der Waals surface area contributed by atoms with Gasteiger partial charge < -0.3 is 15.5 Å². The fourth-order valence-electron chi connectivity index (χ4n) is 5.21. The lowest BCUT2D eigenvalue weighted by atomic mass is 9.88. The Balaban J connectivity index is 1.28. The number of aliphatic imine (C=N–C) groups is 1. The number of amides is 1. The average molecular weight is 432 g/mol. The van der Waals surface area contributed by atoms with Crippen molar-refractivity contribution in [3.8, 4) is 0 Å². The molecule has 1 aliphatic carbocycles. The number of carbonyl (C=O) groups excluding carboxylic acids is 1. The van der Waals surface area contributed by atoms with Crippen molar-refractivity contribution in [1.82, 2.24) is 20.4 Å². The molecule has 2 saturated heterocycles. The summed E-state index contributed by atoms with van der Waals surface area (Å²) in [6, 6.07) is 5.08. The molecule has 2 atom stereocenters. The van der Waals surface area contributed by atoms with Gasteiger partial charge in [0.1, 0.15) is 0 Å². The van der Waals surface area contributed by atoms with Gasteiger partial charge in [-0.25, -0.2) is 0 Å². The van der Waals surface area contributed by atoms with Gasteiger partial charge in [-0.15, -0.1) is 11.3 Å². The van der Waals surface area contributed by atoms with Crippen LogP contribution in [0.5, 0.6) is 0 Å². The Morgan fingerprint density at radius 1 is 1.17 bits per heavy atom. The molecular formula is C23H37N5OS. The third kappa shape index (κ3) is 5.35. The standard InChI is InChI=1S/C23H37N5OS/c1-24-23(25-16-20(21-10-7-15-30-21)27-12-5-6-13-27)26-19-11-14-28(17-19)22(29)18-8-3-2-4-9-18/h7,10,15,18-20H,2-6,8-9,11-14,16-17H2,1H3,(H2,24,25,26). The molecule has 1 amide bonds. The molecule has 0 aromatic carbocycles. The Kier molecular flexibility index (Phi) is 7.66. The highest BCUT2D eigenvalue weighted by atomic mass is 32.1. The molecule has 3 heterocycles. The van der Waals surface area contributed by atoms with E-state index < -0.39 is 0 Å². The van der Waals surface area contributed by atoms with Gasteiger partial charge in [-0.2, -0.15) is 0 Å². The van der Waals surface area contributed by atoms with Crippen LogP contribution in [-0.2, 0) is 4.79 Å². The zero-order valence-electron chi connectivity index (χ0n) is 18.3. The van der Waals surface area contributed by atoms with Crippen LogP contribution in [0.25, 0.3) is 0 Å². The first-order valence-corrected chi connectivity index (χ1v) is 12.7. The van der Waals surface area contributed by atoms with Crippen LogP contribution in [-0.4, -0.2) is 67.5 Å². The van der Waals surface area contributed by atoms with E-state index in [1.165, 1.54) is 50.1 Å². The van der Waals surface area contributed by atoms with E-state index in [-0.39, 0.29) is 12.0 Å². The molecule has 6 nitrogen and oxygen atoms in total. The molecule has 0 bridgehead atoms. The number of rotatable bonds is 6. The molecule has 4 rings (SSSR count). The Morgan fingerprint density at radius 2 is 1.97 bits per heavy atom. The molecular weight excluding hydrogens is 394 g/mol. The van der Waals surface area contributed by atoms with Crippen LogP contribution in [0.2, 0.25) is 0 Å². The van der Waals surface area contributed by atoms with Crippen molar-refractivity contribution in [1.29, 1.82) is 0 Å². The van der Waals surface area contributed by atoms with Crippen LogP contribution >= 0.6 is 11.3 Å². The number of carbonyl (C=O) groups is 1. The number of nitrogens with zero attached hydrogens (tertiary/aromatic N) is 3. The fourth-order valence-corrected chi connectivity index (χ4v) is 6.07. The monoisotopic (exact) mass is 431 g/mol. The number of guanidine groups is 1. The third-order valence-electron chi connectivity index (χ3n) is 6.93. The summed E-state index contributed by atoms with van der Waals surface area (Å²) >= 11 is 1.84. The lowest BCUT2D eigenvalue weighted by Gasteiger charge is -2.28. The Bertz CT molecular complexity index is 694. The highest BCUT2D eigenvalue weighted by molar-refractivity contribution is 7.10. The number of hydrogen-bond donors (Lipinski definition) is 2. The quantitative estimate of drug-likeness (QED) is 0.536. The fraction of sp³-hybridized carbons (Fsp3) is 0.739. The summed E-state index contributed by atoms with van der Waals surface area (Å²) in [6.45, 7) is 4.89. The maximum Gasteiger partial charge on any atom is 0.225 e. The van der Waals surface area contributed by atoms with Crippen molar-refractivity contribution in [2.75, 3.05) is 39.8 Å². The minimum atomic E-state index is 0.266. The largest absolute Gasteiger partial charge is 0.354 e. The minimum absolute atomic E-state index is 0.266. The number of hydrogen-bond acceptors (Lipinski definition) is 4. The molecule has 1 aromatic rings. The van der Waals surface area contributed by atoms with Gasteiger partial charge in [0.2, 0.25) is 5.91 Å². The van der Waals surface area contributed by atoms with Gasteiger partial charge in [-0.3, -0.25) is 14.7 Å². The molecule has 2 N–H and O–H groups in total. The molecule has 3 aliphatic rings. The minimum Gasteiger partial charge on any atom is -0.354 e. The Labute approximate surface area is 185 Å². The van der Waals surface area contributed by atoms with Gasteiger partial charge in [0, 0.05) is 43.5 Å². The maximum absolute atomic E-state index is 12.8. The van der Waals surface area contributed by atoms with Crippen LogP contribution in [0.3, 0.4) is 0 Å². The van der Waals surface area contributed by atoms with Crippen molar-refractivity contribution in [2.24, 2.45) is 10.9 Å². The summed E-state index contributed by atoms with van der Waals surface area (Å²) in [5.41, 5.74) is 0. The second-order valence-corrected chi connectivity index (χ2v) is 9.96. The van der Waals surface area contributed by atoms with Crippen molar-refractivity contribution >= 4 is 23.2 Å². The molecule has 1 saturated carbocycles. The van der Waals surface area contributed by atoms with Crippen LogP contribution in [0.4, 0.5) is 0 Å². The van der Waals surface area contributed by atoms with Crippen LogP contribution in [0.15, 0.2) is 22.5 Å². The highest BCUT2D eigenvalue weighted by Gasteiger charge is 2.32. The Hall–Kier alpha value is -1.60. The van der Waals surface area contributed by atoms with Crippen molar-refractivity contribution < 1.29 is 4.79 Å². The predicted molar refractivity (Wildman–Crippen MR) is 124 cm³/mol. The number of thiophene rings is 1. The summed E-state index contributed by atoms with van der Waals surface area (Å²) in [6.07, 6.45) is 9.47. The summed E-state index contributed by atoms with van der Waals surface area (Å²) in [5.74, 6) is 1.50. The molecule has 2 aliphatic heterocycles. The van der Waals surface area contributed by atoms with Gasteiger partial charge >= 0.3 is 0 Å². The zero-order valence-corrected chi connectivity index (χ0v) is 19.1. The van der Waals surface area contributed by atoms with E-state index in [0.717, 1.165) is 44.9 Å². The molecule has 30 heavy (non-hydrogen) atoms. The molecule has 2 unspecified atom stereocenters. The van der Waals surface area contributed by atoms with E-state index in [2.05, 4.69) is 42.9 Å². The molecule has 3 fully saturated rings. The normalized spacial score (nSPS) is 24.9.